The van der Waals surface area contributed by atoms with Crippen LogP contribution in [0.2, 0.25) is 0 Å². The number of carbonyl (C=O) groups excluding carboxylic acids is 3. The van der Waals surface area contributed by atoms with E-state index in [1.54, 1.807) is 46.6 Å². The van der Waals surface area contributed by atoms with E-state index in [9.17, 15) is 14.4 Å². The monoisotopic (exact) mass is 453 g/mol. The third-order valence-electron chi connectivity index (χ3n) is 4.91. The highest BCUT2D eigenvalue weighted by molar-refractivity contribution is 5.93. The maximum Gasteiger partial charge on any atom is 0.408 e. The van der Waals surface area contributed by atoms with Crippen LogP contribution in [0, 0.1) is 0 Å². The van der Waals surface area contributed by atoms with E-state index >= 15 is 0 Å². The summed E-state index contributed by atoms with van der Waals surface area (Å²) in [6, 6.07) is 18.3. The quantitative estimate of drug-likeness (QED) is 0.638. The van der Waals surface area contributed by atoms with Crippen molar-refractivity contribution in [3.63, 3.8) is 0 Å². The van der Waals surface area contributed by atoms with Gasteiger partial charge in [0.1, 0.15) is 17.2 Å². The Balaban J connectivity index is 2.16. The molecule has 0 saturated heterocycles. The molecular formula is C26H35N3O4. The van der Waals surface area contributed by atoms with Crippen LogP contribution in [0.5, 0.6) is 0 Å². The number of nitrogens with zero attached hydrogens (tertiary/aromatic N) is 1. The number of ether oxygens (including phenoxy) is 1. The SMILES string of the molecule is CN(Cc1ccccc1)C(=O)[C@H](Cc1ccccc1)NC(=O)C(C)(C)NC(=O)OC(C)(C)C. The summed E-state index contributed by atoms with van der Waals surface area (Å²) in [5.74, 6) is -0.695. The highest BCUT2D eigenvalue weighted by atomic mass is 16.6. The average molecular weight is 454 g/mol. The van der Waals surface area contributed by atoms with Crippen LogP contribution in [0.15, 0.2) is 60.7 Å². The van der Waals surface area contributed by atoms with Crippen molar-refractivity contribution in [1.29, 1.82) is 0 Å². The molecule has 2 rings (SSSR count). The number of carbonyl (C=O) groups is 3. The first-order valence-corrected chi connectivity index (χ1v) is 11.0. The van der Waals surface area contributed by atoms with E-state index in [2.05, 4.69) is 10.6 Å². The first-order chi connectivity index (χ1) is 15.4. The van der Waals surface area contributed by atoms with Gasteiger partial charge in [0.2, 0.25) is 11.8 Å². The molecule has 0 bridgehead atoms. The number of rotatable bonds is 8. The third kappa shape index (κ3) is 8.60. The Kier molecular flexibility index (Phi) is 8.63. The molecule has 0 unspecified atom stereocenters. The maximum absolute atomic E-state index is 13.3. The molecular weight excluding hydrogens is 418 g/mol. The van der Waals surface area contributed by atoms with Gasteiger partial charge in [0.05, 0.1) is 0 Å². The van der Waals surface area contributed by atoms with Gasteiger partial charge in [-0.2, -0.15) is 0 Å². The van der Waals surface area contributed by atoms with E-state index in [1.807, 2.05) is 60.7 Å². The van der Waals surface area contributed by atoms with Crippen molar-refractivity contribution in [1.82, 2.24) is 15.5 Å². The van der Waals surface area contributed by atoms with Crippen LogP contribution in [0.25, 0.3) is 0 Å². The van der Waals surface area contributed by atoms with E-state index in [0.29, 0.717) is 13.0 Å². The van der Waals surface area contributed by atoms with E-state index in [1.165, 1.54) is 0 Å². The highest BCUT2D eigenvalue weighted by Crippen LogP contribution is 2.13. The molecule has 1 atom stereocenters. The molecule has 0 fully saturated rings. The fourth-order valence-electron chi connectivity index (χ4n) is 3.21. The predicted molar refractivity (Wildman–Crippen MR) is 128 cm³/mol. The molecule has 2 aromatic rings. The van der Waals surface area contributed by atoms with E-state index in [-0.39, 0.29) is 5.91 Å². The Morgan fingerprint density at radius 1 is 0.879 bits per heavy atom. The molecule has 0 aliphatic rings. The van der Waals surface area contributed by atoms with Crippen molar-refractivity contribution in [3.05, 3.63) is 71.8 Å². The summed E-state index contributed by atoms with van der Waals surface area (Å²) >= 11 is 0. The van der Waals surface area contributed by atoms with Gasteiger partial charge in [-0.25, -0.2) is 4.79 Å². The zero-order valence-corrected chi connectivity index (χ0v) is 20.3. The van der Waals surface area contributed by atoms with Crippen molar-refractivity contribution in [2.75, 3.05) is 7.05 Å². The van der Waals surface area contributed by atoms with Gasteiger partial charge in [-0.05, 0) is 45.7 Å². The van der Waals surface area contributed by atoms with Crippen LogP contribution in [-0.4, -0.2) is 47.0 Å². The summed E-state index contributed by atoms with van der Waals surface area (Å²) in [7, 11) is 1.71. The second-order valence-electron chi connectivity index (χ2n) is 9.65. The van der Waals surface area contributed by atoms with Gasteiger partial charge in [-0.3, -0.25) is 9.59 Å². The highest BCUT2D eigenvalue weighted by Gasteiger charge is 2.35. The smallest absolute Gasteiger partial charge is 0.408 e. The molecule has 0 spiro atoms. The summed E-state index contributed by atoms with van der Waals surface area (Å²) in [5, 5.41) is 5.43. The lowest BCUT2D eigenvalue weighted by atomic mass is 10.0. The first-order valence-electron chi connectivity index (χ1n) is 11.0. The molecule has 7 heteroatoms. The number of alkyl carbamates (subject to hydrolysis) is 1. The number of nitrogens with one attached hydrogen (secondary N) is 2. The minimum Gasteiger partial charge on any atom is -0.444 e. The van der Waals surface area contributed by atoms with Crippen LogP contribution in [-0.2, 0) is 27.3 Å². The number of amides is 3. The lowest BCUT2D eigenvalue weighted by Crippen LogP contribution is -2.59. The zero-order chi connectivity index (χ0) is 24.6. The topological polar surface area (TPSA) is 87.7 Å². The molecule has 2 aromatic carbocycles. The number of benzene rings is 2. The van der Waals surface area contributed by atoms with Crippen LogP contribution in [0.3, 0.4) is 0 Å². The van der Waals surface area contributed by atoms with E-state index < -0.39 is 29.2 Å². The van der Waals surface area contributed by atoms with Crippen LogP contribution in [0.1, 0.15) is 45.7 Å². The van der Waals surface area contributed by atoms with Crippen LogP contribution >= 0.6 is 0 Å². The number of hydrogen-bond acceptors (Lipinski definition) is 4. The minimum absolute atomic E-state index is 0.218. The fraction of sp³-hybridized carbons (Fsp3) is 0.423. The first kappa shape index (κ1) is 25.9. The Morgan fingerprint density at radius 3 is 1.91 bits per heavy atom. The Labute approximate surface area is 196 Å². The van der Waals surface area contributed by atoms with Crippen molar-refractivity contribution >= 4 is 17.9 Å². The molecule has 7 nitrogen and oxygen atoms in total. The molecule has 0 aliphatic heterocycles. The molecule has 0 heterocycles. The van der Waals surface area contributed by atoms with Crippen molar-refractivity contribution in [2.45, 2.75) is 64.8 Å². The molecule has 3 amide bonds. The predicted octanol–water partition coefficient (Wildman–Crippen LogP) is 3.68. The van der Waals surface area contributed by atoms with Crippen molar-refractivity contribution in [3.8, 4) is 0 Å². The van der Waals surface area contributed by atoms with Crippen molar-refractivity contribution < 1.29 is 19.1 Å². The van der Waals surface area contributed by atoms with Gasteiger partial charge in [-0.1, -0.05) is 60.7 Å². The minimum atomic E-state index is -1.28. The molecule has 178 valence electrons. The lowest BCUT2D eigenvalue weighted by Gasteiger charge is -2.31. The van der Waals surface area contributed by atoms with Gasteiger partial charge < -0.3 is 20.3 Å². The van der Waals surface area contributed by atoms with Crippen molar-refractivity contribution in [2.24, 2.45) is 0 Å². The molecule has 0 aromatic heterocycles. The third-order valence-corrected chi connectivity index (χ3v) is 4.91. The van der Waals surface area contributed by atoms with Gasteiger partial charge in [0.15, 0.2) is 0 Å². The van der Waals surface area contributed by atoms with Gasteiger partial charge in [0.25, 0.3) is 0 Å². The second kappa shape index (κ2) is 11.0. The fourth-order valence-corrected chi connectivity index (χ4v) is 3.21. The molecule has 2 N–H and O–H groups in total. The normalized spacial score (nSPS) is 12.4. The van der Waals surface area contributed by atoms with Crippen LogP contribution < -0.4 is 10.6 Å². The summed E-state index contributed by atoms with van der Waals surface area (Å²) in [4.78, 5) is 40.2. The number of hydrogen-bond donors (Lipinski definition) is 2. The summed E-state index contributed by atoms with van der Waals surface area (Å²) in [6.07, 6.45) is -0.373. The lowest BCUT2D eigenvalue weighted by molar-refractivity contribution is -0.137. The standard InChI is InChI=1S/C26H35N3O4/c1-25(2,3)33-24(32)28-26(4,5)23(31)27-21(17-19-13-9-7-10-14-19)22(30)29(6)18-20-15-11-8-12-16-20/h7-16,21H,17-18H2,1-6H3,(H,27,31)(H,28,32)/t21-/m0/s1. The summed E-state index contributed by atoms with van der Waals surface area (Å²) in [5.41, 5.74) is -0.0646. The summed E-state index contributed by atoms with van der Waals surface area (Å²) in [6.45, 7) is 8.80. The van der Waals surface area contributed by atoms with E-state index in [4.69, 9.17) is 4.74 Å². The van der Waals surface area contributed by atoms with Crippen LogP contribution in [0.4, 0.5) is 4.79 Å². The molecule has 0 saturated carbocycles. The second-order valence-corrected chi connectivity index (χ2v) is 9.65. The maximum atomic E-state index is 13.3. The zero-order valence-electron chi connectivity index (χ0n) is 20.3. The Bertz CT molecular complexity index is 937. The largest absolute Gasteiger partial charge is 0.444 e. The van der Waals surface area contributed by atoms with Gasteiger partial charge >= 0.3 is 6.09 Å². The molecule has 33 heavy (non-hydrogen) atoms. The average Bonchev–Trinajstić information content (AvgIpc) is 2.72. The molecule has 0 aliphatic carbocycles. The molecule has 0 radical (unpaired) electrons. The van der Waals surface area contributed by atoms with Gasteiger partial charge in [0, 0.05) is 20.0 Å². The van der Waals surface area contributed by atoms with Gasteiger partial charge in [-0.15, -0.1) is 0 Å². The summed E-state index contributed by atoms with van der Waals surface area (Å²) < 4.78 is 5.27. The number of likely N-dealkylation sites (N-methyl/N-ethyl adjacent to an activating group) is 1. The Hall–Kier alpha value is -3.35. The van der Waals surface area contributed by atoms with E-state index in [0.717, 1.165) is 11.1 Å². The Morgan fingerprint density at radius 2 is 1.39 bits per heavy atom.